The molecule has 2 unspecified atom stereocenters. The molecule has 18 heavy (non-hydrogen) atoms. The lowest BCUT2D eigenvalue weighted by atomic mass is 10.2. The predicted molar refractivity (Wildman–Crippen MR) is 80.8 cm³/mol. The number of halogens is 1. The van der Waals surface area contributed by atoms with E-state index >= 15 is 0 Å². The van der Waals surface area contributed by atoms with Crippen LogP contribution in [0.25, 0.3) is 0 Å². The van der Waals surface area contributed by atoms with E-state index in [0.717, 1.165) is 11.0 Å². The maximum Gasteiger partial charge on any atom is 0.0721 e. The van der Waals surface area contributed by atoms with Gasteiger partial charge in [-0.3, -0.25) is 0 Å². The maximum absolute atomic E-state index is 5.83. The van der Waals surface area contributed by atoms with Crippen molar-refractivity contribution in [2.45, 2.75) is 52.4 Å². The molecule has 1 N–H and O–H groups in total. The number of hydrogen-bond acceptors (Lipinski definition) is 2. The van der Waals surface area contributed by atoms with Crippen molar-refractivity contribution in [3.8, 4) is 0 Å². The first-order valence-corrected chi connectivity index (χ1v) is 7.50. The molecule has 0 bridgehead atoms. The minimum Gasteiger partial charge on any atom is -0.373 e. The molecule has 0 saturated carbocycles. The molecule has 2 atom stereocenters. The van der Waals surface area contributed by atoms with Crippen molar-refractivity contribution in [1.82, 2.24) is 5.32 Å². The molecule has 3 heteroatoms. The highest BCUT2D eigenvalue weighted by atomic mass is 79.9. The average Bonchev–Trinajstić information content (AvgIpc) is 2.34. The number of rotatable bonds is 8. The number of ether oxygens (including phenoxy) is 1. The normalized spacial score (nSPS) is 14.4. The lowest BCUT2D eigenvalue weighted by molar-refractivity contribution is 0.0515. The van der Waals surface area contributed by atoms with Crippen molar-refractivity contribution in [1.29, 1.82) is 0 Å². The maximum atomic E-state index is 5.83. The SMILES string of the molecule is CCCC(C)NCC(C)OCc1cccc(Br)c1. The quantitative estimate of drug-likeness (QED) is 0.779. The van der Waals surface area contributed by atoms with Gasteiger partial charge in [-0.2, -0.15) is 0 Å². The monoisotopic (exact) mass is 313 g/mol. The Bertz CT molecular complexity index is 343. The predicted octanol–water partition coefficient (Wildman–Crippen LogP) is 4.13. The van der Waals surface area contributed by atoms with Crippen molar-refractivity contribution in [3.05, 3.63) is 34.3 Å². The van der Waals surface area contributed by atoms with Gasteiger partial charge in [-0.05, 0) is 38.0 Å². The van der Waals surface area contributed by atoms with Crippen LogP contribution < -0.4 is 5.32 Å². The van der Waals surface area contributed by atoms with E-state index in [2.05, 4.69) is 54.2 Å². The molecule has 1 rings (SSSR count). The summed E-state index contributed by atoms with van der Waals surface area (Å²) in [5.74, 6) is 0. The zero-order valence-corrected chi connectivity index (χ0v) is 13.2. The highest BCUT2D eigenvalue weighted by Crippen LogP contribution is 2.12. The average molecular weight is 314 g/mol. The van der Waals surface area contributed by atoms with Crippen LogP contribution in [-0.4, -0.2) is 18.7 Å². The van der Waals surface area contributed by atoms with E-state index in [1.54, 1.807) is 0 Å². The summed E-state index contributed by atoms with van der Waals surface area (Å²) in [6.45, 7) is 8.14. The van der Waals surface area contributed by atoms with Gasteiger partial charge in [0.15, 0.2) is 0 Å². The molecule has 0 spiro atoms. The fourth-order valence-electron chi connectivity index (χ4n) is 1.83. The molecule has 0 radical (unpaired) electrons. The van der Waals surface area contributed by atoms with Crippen LogP contribution in [0.2, 0.25) is 0 Å². The van der Waals surface area contributed by atoms with Crippen molar-refractivity contribution in [3.63, 3.8) is 0 Å². The van der Waals surface area contributed by atoms with Gasteiger partial charge in [0.2, 0.25) is 0 Å². The summed E-state index contributed by atoms with van der Waals surface area (Å²) in [7, 11) is 0. The highest BCUT2D eigenvalue weighted by molar-refractivity contribution is 9.10. The topological polar surface area (TPSA) is 21.3 Å². The first-order chi connectivity index (χ1) is 8.61. The fourth-order valence-corrected chi connectivity index (χ4v) is 2.27. The molecule has 2 nitrogen and oxygen atoms in total. The molecule has 0 heterocycles. The van der Waals surface area contributed by atoms with E-state index in [9.17, 15) is 0 Å². The van der Waals surface area contributed by atoms with Crippen LogP contribution in [0.4, 0.5) is 0 Å². The van der Waals surface area contributed by atoms with Gasteiger partial charge >= 0.3 is 0 Å². The fraction of sp³-hybridized carbons (Fsp3) is 0.600. The molecular formula is C15H24BrNO. The number of hydrogen-bond donors (Lipinski definition) is 1. The van der Waals surface area contributed by atoms with Crippen molar-refractivity contribution < 1.29 is 4.74 Å². The Morgan fingerprint density at radius 2 is 2.11 bits per heavy atom. The highest BCUT2D eigenvalue weighted by Gasteiger charge is 2.05. The van der Waals surface area contributed by atoms with Crippen LogP contribution in [-0.2, 0) is 11.3 Å². The van der Waals surface area contributed by atoms with Gasteiger partial charge < -0.3 is 10.1 Å². The second-order valence-corrected chi connectivity index (χ2v) is 5.77. The van der Waals surface area contributed by atoms with Gasteiger partial charge in [-0.1, -0.05) is 41.4 Å². The Labute approximate surface area is 119 Å². The van der Waals surface area contributed by atoms with Crippen LogP contribution in [0.5, 0.6) is 0 Å². The zero-order chi connectivity index (χ0) is 13.4. The van der Waals surface area contributed by atoms with Crippen molar-refractivity contribution in [2.75, 3.05) is 6.54 Å². The lowest BCUT2D eigenvalue weighted by Crippen LogP contribution is -2.33. The van der Waals surface area contributed by atoms with Gasteiger partial charge in [0, 0.05) is 17.1 Å². The van der Waals surface area contributed by atoms with E-state index in [0.29, 0.717) is 12.6 Å². The standard InChI is InChI=1S/C15H24BrNO/c1-4-6-12(2)17-10-13(3)18-11-14-7-5-8-15(16)9-14/h5,7-9,12-13,17H,4,6,10-11H2,1-3H3. The smallest absolute Gasteiger partial charge is 0.0721 e. The Morgan fingerprint density at radius 1 is 1.33 bits per heavy atom. The van der Waals surface area contributed by atoms with Crippen LogP contribution in [0.15, 0.2) is 28.7 Å². The molecule has 0 amide bonds. The zero-order valence-electron chi connectivity index (χ0n) is 11.6. The third kappa shape index (κ3) is 6.53. The van der Waals surface area contributed by atoms with E-state index in [4.69, 9.17) is 4.74 Å². The molecular weight excluding hydrogens is 290 g/mol. The molecule has 102 valence electrons. The molecule has 0 aliphatic heterocycles. The summed E-state index contributed by atoms with van der Waals surface area (Å²) < 4.78 is 6.93. The van der Waals surface area contributed by atoms with Gasteiger partial charge in [-0.15, -0.1) is 0 Å². The van der Waals surface area contributed by atoms with Gasteiger partial charge in [0.1, 0.15) is 0 Å². The van der Waals surface area contributed by atoms with Gasteiger partial charge in [0.05, 0.1) is 12.7 Å². The third-order valence-corrected chi connectivity index (χ3v) is 3.39. The summed E-state index contributed by atoms with van der Waals surface area (Å²) in [5.41, 5.74) is 1.21. The summed E-state index contributed by atoms with van der Waals surface area (Å²) in [5, 5.41) is 3.50. The van der Waals surface area contributed by atoms with E-state index < -0.39 is 0 Å². The largest absolute Gasteiger partial charge is 0.373 e. The summed E-state index contributed by atoms with van der Waals surface area (Å²) in [6.07, 6.45) is 2.68. The Kier molecular flexibility index (Phi) is 7.56. The van der Waals surface area contributed by atoms with Crippen LogP contribution in [0.3, 0.4) is 0 Å². The molecule has 1 aromatic rings. The molecule has 0 aliphatic carbocycles. The lowest BCUT2D eigenvalue weighted by Gasteiger charge is -2.18. The number of nitrogens with one attached hydrogen (secondary N) is 1. The minimum atomic E-state index is 0.239. The van der Waals surface area contributed by atoms with E-state index in [1.807, 2.05) is 12.1 Å². The second kappa shape index (κ2) is 8.68. The van der Waals surface area contributed by atoms with Crippen molar-refractivity contribution in [2.24, 2.45) is 0 Å². The Hall–Kier alpha value is -0.380. The second-order valence-electron chi connectivity index (χ2n) is 4.85. The van der Waals surface area contributed by atoms with Crippen LogP contribution in [0, 0.1) is 0 Å². The Balaban J connectivity index is 2.22. The first-order valence-electron chi connectivity index (χ1n) is 6.71. The third-order valence-electron chi connectivity index (χ3n) is 2.90. The molecule has 0 fully saturated rings. The first kappa shape index (κ1) is 15.7. The molecule has 0 aliphatic rings. The van der Waals surface area contributed by atoms with E-state index in [1.165, 1.54) is 18.4 Å². The minimum absolute atomic E-state index is 0.239. The number of benzene rings is 1. The molecule has 1 aromatic carbocycles. The molecule has 0 saturated heterocycles. The molecule has 0 aromatic heterocycles. The van der Waals surface area contributed by atoms with Crippen LogP contribution >= 0.6 is 15.9 Å². The summed E-state index contributed by atoms with van der Waals surface area (Å²) in [6, 6.07) is 8.83. The van der Waals surface area contributed by atoms with Gasteiger partial charge in [-0.25, -0.2) is 0 Å². The van der Waals surface area contributed by atoms with Crippen LogP contribution in [0.1, 0.15) is 39.2 Å². The summed E-state index contributed by atoms with van der Waals surface area (Å²) >= 11 is 3.47. The van der Waals surface area contributed by atoms with E-state index in [-0.39, 0.29) is 6.10 Å². The van der Waals surface area contributed by atoms with Crippen molar-refractivity contribution >= 4 is 15.9 Å². The summed E-state index contributed by atoms with van der Waals surface area (Å²) in [4.78, 5) is 0. The Morgan fingerprint density at radius 3 is 2.78 bits per heavy atom. The van der Waals surface area contributed by atoms with Gasteiger partial charge in [0.25, 0.3) is 0 Å².